The minimum absolute atomic E-state index is 0.0673. The molecular weight excluding hydrogens is 448 g/mol. The lowest BCUT2D eigenvalue weighted by Crippen LogP contribution is -2.54. The molecule has 4 amide bonds. The molecule has 2 aromatic rings. The van der Waals surface area contributed by atoms with Crippen molar-refractivity contribution in [3.63, 3.8) is 0 Å². The van der Waals surface area contributed by atoms with Crippen LogP contribution in [0.3, 0.4) is 0 Å². The van der Waals surface area contributed by atoms with Crippen LogP contribution in [0.1, 0.15) is 30.9 Å². The Labute approximate surface area is 206 Å². The number of rotatable bonds is 9. The van der Waals surface area contributed by atoms with E-state index in [2.05, 4.69) is 16.0 Å². The van der Waals surface area contributed by atoms with E-state index in [0.29, 0.717) is 50.4 Å². The van der Waals surface area contributed by atoms with Gasteiger partial charge >= 0.3 is 6.03 Å². The summed E-state index contributed by atoms with van der Waals surface area (Å²) in [6, 6.07) is 14.3. The molecular formula is C26H34N4O5. The number of carbonyl (C=O) groups is 3. The molecule has 1 aliphatic heterocycles. The molecule has 1 saturated heterocycles. The lowest BCUT2D eigenvalue weighted by molar-refractivity contribution is -0.128. The van der Waals surface area contributed by atoms with Gasteiger partial charge in [-0.15, -0.1) is 0 Å². The van der Waals surface area contributed by atoms with Gasteiger partial charge in [0.25, 0.3) is 0 Å². The monoisotopic (exact) mass is 482 g/mol. The number of nitrogens with zero attached hydrogens (tertiary/aromatic N) is 1. The standard InChI is InChI=1S/C26H34N4O5/c1-18(31)28-22(15-20-9-10-23(34-2)24(16-20)35-3)25(32)29-21-11-13-30(14-12-21)26(33)27-17-19-7-5-4-6-8-19/h4-10,16,21-22H,11-15,17H2,1-3H3,(H,27,33)(H,28,31)(H,29,32)/t22-/m0/s1. The van der Waals surface area contributed by atoms with E-state index < -0.39 is 6.04 Å². The third-order valence-corrected chi connectivity index (χ3v) is 6.00. The SMILES string of the molecule is COc1ccc(C[C@H](NC(C)=O)C(=O)NC2CCN(C(=O)NCc3ccccc3)CC2)cc1OC. The van der Waals surface area contributed by atoms with Crippen LogP contribution in [-0.2, 0) is 22.6 Å². The summed E-state index contributed by atoms with van der Waals surface area (Å²) in [5.74, 6) is 0.624. The van der Waals surface area contributed by atoms with E-state index in [1.54, 1.807) is 31.3 Å². The van der Waals surface area contributed by atoms with Crippen LogP contribution in [0.5, 0.6) is 11.5 Å². The fourth-order valence-corrected chi connectivity index (χ4v) is 4.11. The van der Waals surface area contributed by atoms with Gasteiger partial charge in [-0.25, -0.2) is 4.79 Å². The van der Waals surface area contributed by atoms with Crippen molar-refractivity contribution in [3.8, 4) is 11.5 Å². The van der Waals surface area contributed by atoms with Gasteiger partial charge < -0.3 is 30.3 Å². The van der Waals surface area contributed by atoms with Crippen molar-refractivity contribution in [1.82, 2.24) is 20.9 Å². The van der Waals surface area contributed by atoms with Gasteiger partial charge in [-0.3, -0.25) is 9.59 Å². The molecule has 0 saturated carbocycles. The summed E-state index contributed by atoms with van der Waals surface area (Å²) >= 11 is 0. The van der Waals surface area contributed by atoms with E-state index >= 15 is 0 Å². The number of piperidine rings is 1. The van der Waals surface area contributed by atoms with E-state index in [1.807, 2.05) is 36.4 Å². The molecule has 3 rings (SSSR count). The van der Waals surface area contributed by atoms with Gasteiger partial charge in [0.05, 0.1) is 14.2 Å². The van der Waals surface area contributed by atoms with E-state index in [4.69, 9.17) is 9.47 Å². The number of carbonyl (C=O) groups excluding carboxylic acids is 3. The zero-order chi connectivity index (χ0) is 25.2. The summed E-state index contributed by atoms with van der Waals surface area (Å²) in [4.78, 5) is 39.0. The molecule has 9 heteroatoms. The predicted molar refractivity (Wildman–Crippen MR) is 132 cm³/mol. The third-order valence-electron chi connectivity index (χ3n) is 6.00. The first kappa shape index (κ1) is 25.9. The van der Waals surface area contributed by atoms with Crippen LogP contribution in [-0.4, -0.2) is 62.1 Å². The second-order valence-electron chi connectivity index (χ2n) is 8.56. The van der Waals surface area contributed by atoms with Crippen molar-refractivity contribution in [3.05, 3.63) is 59.7 Å². The smallest absolute Gasteiger partial charge is 0.317 e. The lowest BCUT2D eigenvalue weighted by atomic mass is 10.0. The summed E-state index contributed by atoms with van der Waals surface area (Å²) in [5, 5.41) is 8.73. The summed E-state index contributed by atoms with van der Waals surface area (Å²) in [7, 11) is 3.11. The van der Waals surface area contributed by atoms with Gasteiger partial charge in [-0.2, -0.15) is 0 Å². The second-order valence-corrected chi connectivity index (χ2v) is 8.56. The highest BCUT2D eigenvalue weighted by atomic mass is 16.5. The fraction of sp³-hybridized carbons (Fsp3) is 0.423. The van der Waals surface area contributed by atoms with Gasteiger partial charge in [0.2, 0.25) is 11.8 Å². The minimum Gasteiger partial charge on any atom is -0.493 e. The summed E-state index contributed by atoms with van der Waals surface area (Å²) in [6.07, 6.45) is 1.60. The fourth-order valence-electron chi connectivity index (χ4n) is 4.11. The van der Waals surface area contributed by atoms with Gasteiger partial charge in [0, 0.05) is 39.0 Å². The van der Waals surface area contributed by atoms with Crippen LogP contribution in [0.15, 0.2) is 48.5 Å². The van der Waals surface area contributed by atoms with E-state index in [-0.39, 0.29) is 23.9 Å². The molecule has 0 aliphatic carbocycles. The zero-order valence-electron chi connectivity index (χ0n) is 20.5. The molecule has 0 spiro atoms. The molecule has 1 heterocycles. The molecule has 188 valence electrons. The Morgan fingerprint density at radius 1 is 0.971 bits per heavy atom. The first-order valence-electron chi connectivity index (χ1n) is 11.7. The Balaban J connectivity index is 1.52. The van der Waals surface area contributed by atoms with Gasteiger partial charge in [0.15, 0.2) is 11.5 Å². The number of ether oxygens (including phenoxy) is 2. The van der Waals surface area contributed by atoms with Gasteiger partial charge in [0.1, 0.15) is 6.04 Å². The number of hydrogen-bond acceptors (Lipinski definition) is 5. The predicted octanol–water partition coefficient (Wildman–Crippen LogP) is 2.24. The lowest BCUT2D eigenvalue weighted by Gasteiger charge is -2.33. The Morgan fingerprint density at radius 2 is 1.66 bits per heavy atom. The van der Waals surface area contributed by atoms with Crippen molar-refractivity contribution in [2.75, 3.05) is 27.3 Å². The molecule has 35 heavy (non-hydrogen) atoms. The average Bonchev–Trinajstić information content (AvgIpc) is 2.87. The molecule has 0 radical (unpaired) electrons. The number of likely N-dealkylation sites (tertiary alicyclic amines) is 1. The third kappa shape index (κ3) is 7.63. The topological polar surface area (TPSA) is 109 Å². The van der Waals surface area contributed by atoms with Crippen molar-refractivity contribution < 1.29 is 23.9 Å². The molecule has 0 unspecified atom stereocenters. The molecule has 2 aromatic carbocycles. The number of amides is 4. The number of benzene rings is 2. The first-order chi connectivity index (χ1) is 16.9. The molecule has 3 N–H and O–H groups in total. The number of methoxy groups -OCH3 is 2. The number of hydrogen-bond donors (Lipinski definition) is 3. The number of nitrogens with one attached hydrogen (secondary N) is 3. The highest BCUT2D eigenvalue weighted by Gasteiger charge is 2.27. The molecule has 0 bridgehead atoms. The van der Waals surface area contributed by atoms with Crippen LogP contribution in [0.4, 0.5) is 4.79 Å². The minimum atomic E-state index is -0.724. The zero-order valence-corrected chi connectivity index (χ0v) is 20.5. The number of urea groups is 1. The first-order valence-corrected chi connectivity index (χ1v) is 11.7. The maximum absolute atomic E-state index is 13.0. The molecule has 9 nitrogen and oxygen atoms in total. The molecule has 1 aliphatic rings. The van der Waals surface area contributed by atoms with Crippen molar-refractivity contribution >= 4 is 17.8 Å². The Hall–Kier alpha value is -3.75. The highest BCUT2D eigenvalue weighted by Crippen LogP contribution is 2.28. The Kier molecular flexibility index (Phi) is 9.34. The second kappa shape index (κ2) is 12.6. The largest absolute Gasteiger partial charge is 0.493 e. The van der Waals surface area contributed by atoms with Crippen LogP contribution in [0, 0.1) is 0 Å². The quantitative estimate of drug-likeness (QED) is 0.508. The van der Waals surface area contributed by atoms with Crippen molar-refractivity contribution in [1.29, 1.82) is 0 Å². The van der Waals surface area contributed by atoms with Crippen molar-refractivity contribution in [2.45, 2.75) is 44.8 Å². The summed E-state index contributed by atoms with van der Waals surface area (Å²) < 4.78 is 10.6. The van der Waals surface area contributed by atoms with Crippen LogP contribution in [0.25, 0.3) is 0 Å². The van der Waals surface area contributed by atoms with Crippen LogP contribution in [0.2, 0.25) is 0 Å². The summed E-state index contributed by atoms with van der Waals surface area (Å²) in [5.41, 5.74) is 1.88. The maximum Gasteiger partial charge on any atom is 0.317 e. The van der Waals surface area contributed by atoms with Crippen LogP contribution < -0.4 is 25.4 Å². The molecule has 0 aromatic heterocycles. The Morgan fingerprint density at radius 3 is 2.29 bits per heavy atom. The average molecular weight is 483 g/mol. The van der Waals surface area contributed by atoms with E-state index in [1.165, 1.54) is 6.92 Å². The van der Waals surface area contributed by atoms with Gasteiger partial charge in [-0.05, 0) is 36.1 Å². The summed E-state index contributed by atoms with van der Waals surface area (Å²) in [6.45, 7) is 2.96. The normalized spacial score (nSPS) is 14.5. The molecule has 1 atom stereocenters. The Bertz CT molecular complexity index is 1010. The highest BCUT2D eigenvalue weighted by molar-refractivity contribution is 5.87. The van der Waals surface area contributed by atoms with E-state index in [0.717, 1.165) is 11.1 Å². The maximum atomic E-state index is 13.0. The molecule has 1 fully saturated rings. The van der Waals surface area contributed by atoms with Crippen LogP contribution >= 0.6 is 0 Å². The van der Waals surface area contributed by atoms with E-state index in [9.17, 15) is 14.4 Å². The van der Waals surface area contributed by atoms with Gasteiger partial charge in [-0.1, -0.05) is 36.4 Å². The van der Waals surface area contributed by atoms with Crippen molar-refractivity contribution in [2.24, 2.45) is 0 Å².